The quantitative estimate of drug-likeness (QED) is 0.438. The first-order chi connectivity index (χ1) is 10.1. The van der Waals surface area contributed by atoms with Gasteiger partial charge in [-0.2, -0.15) is 4.68 Å². The number of halogens is 2. The van der Waals surface area contributed by atoms with Gasteiger partial charge in [-0.05, 0) is 36.0 Å². The highest BCUT2D eigenvalue weighted by atomic mass is 35.5. The van der Waals surface area contributed by atoms with Crippen molar-refractivity contribution >= 4 is 29.0 Å². The molecule has 8 heteroatoms. The zero-order chi connectivity index (χ0) is 15.2. The van der Waals surface area contributed by atoms with E-state index < -0.39 is 4.92 Å². The van der Waals surface area contributed by atoms with Crippen LogP contribution in [-0.4, -0.2) is 21.3 Å². The average molecular weight is 330 g/mol. The molecule has 0 unspecified atom stereocenters. The number of aryl methyl sites for hydroxylation is 1. The second-order valence-corrected chi connectivity index (χ2v) is 5.17. The van der Waals surface area contributed by atoms with Gasteiger partial charge >= 0.3 is 5.82 Å². The molecule has 0 bridgehead atoms. The molecule has 0 radical (unpaired) electrons. The average Bonchev–Trinajstić information content (AvgIpc) is 2.89. The van der Waals surface area contributed by atoms with E-state index in [0.717, 1.165) is 12.8 Å². The van der Waals surface area contributed by atoms with E-state index in [9.17, 15) is 10.1 Å². The molecule has 1 aromatic carbocycles. The van der Waals surface area contributed by atoms with Crippen LogP contribution in [0, 0.1) is 10.1 Å². The lowest BCUT2D eigenvalue weighted by atomic mass is 10.3. The third-order valence-corrected chi connectivity index (χ3v) is 3.28. The minimum atomic E-state index is -0.512. The van der Waals surface area contributed by atoms with E-state index in [1.54, 1.807) is 29.1 Å². The van der Waals surface area contributed by atoms with Gasteiger partial charge in [-0.1, -0.05) is 23.2 Å². The molecule has 0 fully saturated rings. The summed E-state index contributed by atoms with van der Waals surface area (Å²) in [6, 6.07) is 6.44. The smallest absolute Gasteiger partial charge is 0.389 e. The molecule has 0 saturated carbocycles. The van der Waals surface area contributed by atoms with Crippen LogP contribution in [0.2, 0.25) is 10.0 Å². The van der Waals surface area contributed by atoms with Gasteiger partial charge in [-0.3, -0.25) is 0 Å². The maximum atomic E-state index is 10.5. The Bertz CT molecular complexity index is 631. The van der Waals surface area contributed by atoms with Crippen molar-refractivity contribution in [3.8, 4) is 5.75 Å². The van der Waals surface area contributed by atoms with Crippen LogP contribution < -0.4 is 4.74 Å². The lowest BCUT2D eigenvalue weighted by molar-refractivity contribution is -0.389. The van der Waals surface area contributed by atoms with Crippen molar-refractivity contribution in [2.75, 3.05) is 6.61 Å². The van der Waals surface area contributed by atoms with E-state index in [1.165, 1.54) is 6.07 Å². The molecule has 0 aliphatic rings. The molecule has 0 spiro atoms. The number of hydrogen-bond donors (Lipinski definition) is 0. The van der Waals surface area contributed by atoms with Gasteiger partial charge in [0.05, 0.1) is 35.5 Å². The summed E-state index contributed by atoms with van der Waals surface area (Å²) in [6.07, 6.45) is 3.17. The maximum Gasteiger partial charge on any atom is 0.389 e. The van der Waals surface area contributed by atoms with Gasteiger partial charge < -0.3 is 14.9 Å². The van der Waals surface area contributed by atoms with E-state index in [1.807, 2.05) is 0 Å². The minimum absolute atomic E-state index is 0.140. The van der Waals surface area contributed by atoms with Crippen LogP contribution in [0.5, 0.6) is 5.75 Å². The Hall–Kier alpha value is -1.79. The van der Waals surface area contributed by atoms with Crippen molar-refractivity contribution in [2.24, 2.45) is 0 Å². The first kappa shape index (κ1) is 15.6. The second-order valence-electron chi connectivity index (χ2n) is 4.32. The van der Waals surface area contributed by atoms with Crippen molar-refractivity contribution in [1.29, 1.82) is 0 Å². The molecule has 1 heterocycles. The number of benzene rings is 1. The fourth-order valence-corrected chi connectivity index (χ4v) is 2.19. The van der Waals surface area contributed by atoms with E-state index in [4.69, 9.17) is 27.9 Å². The molecule has 2 rings (SSSR count). The molecule has 0 amide bonds. The fourth-order valence-electron chi connectivity index (χ4n) is 1.72. The maximum absolute atomic E-state index is 10.5. The summed E-state index contributed by atoms with van der Waals surface area (Å²) in [6.45, 7) is 1.11. The van der Waals surface area contributed by atoms with Crippen molar-refractivity contribution in [3.63, 3.8) is 0 Å². The Morgan fingerprint density at radius 3 is 2.76 bits per heavy atom. The van der Waals surface area contributed by atoms with Gasteiger partial charge in [-0.25, -0.2) is 0 Å². The molecule has 0 saturated heterocycles. The Labute approximate surface area is 131 Å². The summed E-state index contributed by atoms with van der Waals surface area (Å²) >= 11 is 11.8. The summed E-state index contributed by atoms with van der Waals surface area (Å²) in [4.78, 5) is 9.98. The number of ether oxygens (including phenoxy) is 1. The van der Waals surface area contributed by atoms with Gasteiger partial charge in [0.1, 0.15) is 5.75 Å². The Kier molecular flexibility index (Phi) is 5.41. The molecular formula is C13H13Cl2N3O3. The first-order valence-electron chi connectivity index (χ1n) is 6.32. The van der Waals surface area contributed by atoms with E-state index in [0.29, 0.717) is 28.9 Å². The highest BCUT2D eigenvalue weighted by molar-refractivity contribution is 6.35. The molecular weight excluding hydrogens is 317 g/mol. The Balaban J connectivity index is 1.71. The zero-order valence-electron chi connectivity index (χ0n) is 11.0. The van der Waals surface area contributed by atoms with Gasteiger partial charge in [0.15, 0.2) is 0 Å². The van der Waals surface area contributed by atoms with Crippen LogP contribution in [0.25, 0.3) is 0 Å². The molecule has 0 N–H and O–H groups in total. The SMILES string of the molecule is O=[N+]([O-])c1ccn(CCCCOc2ccc(Cl)cc2Cl)n1. The van der Waals surface area contributed by atoms with Gasteiger partial charge in [0.2, 0.25) is 0 Å². The number of nitro groups is 1. The largest absolute Gasteiger partial charge is 0.492 e. The summed E-state index contributed by atoms with van der Waals surface area (Å²) in [5.41, 5.74) is 0. The highest BCUT2D eigenvalue weighted by Crippen LogP contribution is 2.27. The molecule has 1 aromatic heterocycles. The van der Waals surface area contributed by atoms with Crippen LogP contribution in [0.3, 0.4) is 0 Å². The Morgan fingerprint density at radius 1 is 1.29 bits per heavy atom. The van der Waals surface area contributed by atoms with Crippen molar-refractivity contribution in [1.82, 2.24) is 9.78 Å². The van der Waals surface area contributed by atoms with Crippen LogP contribution in [-0.2, 0) is 6.54 Å². The van der Waals surface area contributed by atoms with E-state index in [2.05, 4.69) is 5.10 Å². The van der Waals surface area contributed by atoms with Crippen LogP contribution >= 0.6 is 23.2 Å². The molecule has 112 valence electrons. The lowest BCUT2D eigenvalue weighted by Crippen LogP contribution is -2.03. The zero-order valence-corrected chi connectivity index (χ0v) is 12.5. The van der Waals surface area contributed by atoms with E-state index in [-0.39, 0.29) is 5.82 Å². The highest BCUT2D eigenvalue weighted by Gasteiger charge is 2.10. The van der Waals surface area contributed by atoms with Gasteiger partial charge in [0.25, 0.3) is 0 Å². The summed E-state index contributed by atoms with van der Waals surface area (Å²) < 4.78 is 7.09. The normalized spacial score (nSPS) is 10.6. The van der Waals surface area contributed by atoms with Gasteiger partial charge in [0, 0.05) is 5.02 Å². The number of rotatable bonds is 7. The minimum Gasteiger partial charge on any atom is -0.492 e. The van der Waals surface area contributed by atoms with Crippen LogP contribution in [0.4, 0.5) is 5.82 Å². The van der Waals surface area contributed by atoms with Crippen molar-refractivity contribution < 1.29 is 9.66 Å². The van der Waals surface area contributed by atoms with Crippen LogP contribution in [0.1, 0.15) is 12.8 Å². The van der Waals surface area contributed by atoms with Crippen molar-refractivity contribution in [2.45, 2.75) is 19.4 Å². The topological polar surface area (TPSA) is 70.2 Å². The number of nitrogens with zero attached hydrogens (tertiary/aromatic N) is 3. The Morgan fingerprint density at radius 2 is 2.10 bits per heavy atom. The number of hydrogen-bond acceptors (Lipinski definition) is 4. The first-order valence-corrected chi connectivity index (χ1v) is 7.07. The summed E-state index contributed by atoms with van der Waals surface area (Å²) in [5.74, 6) is 0.454. The molecule has 0 aliphatic heterocycles. The van der Waals surface area contributed by atoms with E-state index >= 15 is 0 Å². The molecule has 2 aromatic rings. The summed E-state index contributed by atoms with van der Waals surface area (Å²) in [7, 11) is 0. The molecule has 21 heavy (non-hydrogen) atoms. The van der Waals surface area contributed by atoms with Gasteiger partial charge in [-0.15, -0.1) is 0 Å². The lowest BCUT2D eigenvalue weighted by Gasteiger charge is -2.07. The predicted octanol–water partition coefficient (Wildman–Crippen LogP) is 3.96. The predicted molar refractivity (Wildman–Crippen MR) is 80.1 cm³/mol. The fraction of sp³-hybridized carbons (Fsp3) is 0.308. The molecule has 0 aliphatic carbocycles. The van der Waals surface area contributed by atoms with Crippen LogP contribution in [0.15, 0.2) is 30.5 Å². The molecule has 0 atom stereocenters. The molecule has 6 nitrogen and oxygen atoms in total. The summed E-state index contributed by atoms with van der Waals surface area (Å²) in [5, 5.41) is 15.4. The number of unbranched alkanes of at least 4 members (excludes halogenated alkanes) is 1. The van der Waals surface area contributed by atoms with Crippen molar-refractivity contribution in [3.05, 3.63) is 50.6 Å². The second kappa shape index (κ2) is 7.28. The third kappa shape index (κ3) is 4.61. The number of aromatic nitrogens is 2. The standard InChI is InChI=1S/C13H13Cl2N3O3/c14-10-3-4-12(11(15)9-10)21-8-2-1-6-17-7-5-13(16-17)18(19)20/h3-5,7,9H,1-2,6,8H2. The monoisotopic (exact) mass is 329 g/mol. The third-order valence-electron chi connectivity index (χ3n) is 2.75.